The molecule has 2 atom stereocenters. The van der Waals surface area contributed by atoms with E-state index in [1.54, 1.807) is 5.56 Å². The highest BCUT2D eigenvalue weighted by molar-refractivity contribution is 6.08. The largest absolute Gasteiger partial charge is 0.472 e. The Morgan fingerprint density at radius 1 is 0.702 bits per heavy atom. The maximum absolute atomic E-state index is 7.66. The molecule has 2 unspecified atom stereocenters. The summed E-state index contributed by atoms with van der Waals surface area (Å²) in [7, 11) is 0. The van der Waals surface area contributed by atoms with Crippen LogP contribution in [0.4, 0.5) is 0 Å². The first-order valence-corrected chi connectivity index (χ1v) is 17.6. The van der Waals surface area contributed by atoms with E-state index in [-0.39, 0.29) is 5.41 Å². The van der Waals surface area contributed by atoms with Crippen molar-refractivity contribution in [2.45, 2.75) is 62.9 Å². The average molecular weight is 607 g/mol. The minimum Gasteiger partial charge on any atom is -0.472 e. The van der Waals surface area contributed by atoms with Gasteiger partial charge in [0.25, 0.3) is 0 Å². The molecule has 47 heavy (non-hydrogen) atoms. The summed E-state index contributed by atoms with van der Waals surface area (Å²) < 4.78 is 7.66. The van der Waals surface area contributed by atoms with Crippen molar-refractivity contribution in [1.82, 2.24) is 0 Å². The molecule has 0 aromatic heterocycles. The zero-order valence-electron chi connectivity index (χ0n) is 27.1. The lowest BCUT2D eigenvalue weighted by Gasteiger charge is -2.39. The van der Waals surface area contributed by atoms with Crippen molar-refractivity contribution >= 4 is 16.8 Å². The van der Waals surface area contributed by atoms with E-state index >= 15 is 0 Å². The summed E-state index contributed by atoms with van der Waals surface area (Å²) in [6.45, 7) is 4.72. The normalized spacial score (nSPS) is 20.6. The van der Waals surface area contributed by atoms with Gasteiger partial charge in [0.15, 0.2) is 5.60 Å². The predicted octanol–water partition coefficient (Wildman–Crippen LogP) is 11.7. The second kappa shape index (κ2) is 9.81. The third-order valence-electron chi connectivity index (χ3n) is 12.2. The van der Waals surface area contributed by atoms with E-state index in [2.05, 4.69) is 141 Å². The van der Waals surface area contributed by atoms with E-state index in [1.165, 1.54) is 85.7 Å². The maximum Gasteiger partial charge on any atom is 0.178 e. The Kier molecular flexibility index (Phi) is 5.69. The molecule has 0 amide bonds. The highest BCUT2D eigenvalue weighted by Crippen LogP contribution is 2.60. The summed E-state index contributed by atoms with van der Waals surface area (Å²) in [6, 6.07) is 43.1. The molecular weight excluding hydrogens is 569 g/mol. The van der Waals surface area contributed by atoms with Crippen LogP contribution in [0, 0.1) is 0 Å². The van der Waals surface area contributed by atoms with Crippen LogP contribution in [0.1, 0.15) is 90.0 Å². The summed E-state index contributed by atoms with van der Waals surface area (Å²) in [5, 5.41) is 2.47. The second-order valence-corrected chi connectivity index (χ2v) is 14.0. The quantitative estimate of drug-likeness (QED) is 0.194. The summed E-state index contributed by atoms with van der Waals surface area (Å²) in [5.41, 5.74) is 15.8. The van der Waals surface area contributed by atoms with Crippen LogP contribution in [0.2, 0.25) is 0 Å². The van der Waals surface area contributed by atoms with Gasteiger partial charge in [0.1, 0.15) is 5.75 Å². The van der Waals surface area contributed by atoms with Crippen molar-refractivity contribution in [2.75, 3.05) is 0 Å². The molecule has 1 heteroatoms. The highest BCUT2D eigenvalue weighted by atomic mass is 16.5. The van der Waals surface area contributed by atoms with Gasteiger partial charge < -0.3 is 4.74 Å². The fraction of sp³-hybridized carbons (Fsp3) is 0.217. The Morgan fingerprint density at radius 3 is 2.32 bits per heavy atom. The molecule has 0 saturated heterocycles. The molecule has 0 saturated carbocycles. The molecule has 228 valence electrons. The van der Waals surface area contributed by atoms with Crippen molar-refractivity contribution in [3.05, 3.63) is 166 Å². The number of hydrogen-bond acceptors (Lipinski definition) is 1. The van der Waals surface area contributed by atoms with Gasteiger partial charge in [-0.2, -0.15) is 0 Å². The summed E-state index contributed by atoms with van der Waals surface area (Å²) >= 11 is 0. The van der Waals surface area contributed by atoms with E-state index in [4.69, 9.17) is 4.74 Å². The highest BCUT2D eigenvalue weighted by Gasteiger charge is 2.47. The van der Waals surface area contributed by atoms with Crippen LogP contribution in [-0.4, -0.2) is 0 Å². The average Bonchev–Trinajstić information content (AvgIpc) is 3.63. The number of ether oxygens (including phenoxy) is 1. The van der Waals surface area contributed by atoms with E-state index in [1.807, 2.05) is 0 Å². The van der Waals surface area contributed by atoms with E-state index < -0.39 is 5.60 Å². The van der Waals surface area contributed by atoms with Crippen LogP contribution in [0.25, 0.3) is 39.1 Å². The van der Waals surface area contributed by atoms with Gasteiger partial charge in [-0.05, 0) is 99.7 Å². The fourth-order valence-electron chi connectivity index (χ4n) is 10.0. The molecule has 6 aromatic carbocycles. The Hall–Kier alpha value is -4.88. The fourth-order valence-corrected chi connectivity index (χ4v) is 10.0. The topological polar surface area (TPSA) is 9.23 Å². The Balaban J connectivity index is 1.25. The Labute approximate surface area is 277 Å². The Bertz CT molecular complexity index is 2290. The lowest BCUT2D eigenvalue weighted by Crippen LogP contribution is -2.35. The molecule has 0 bridgehead atoms. The summed E-state index contributed by atoms with van der Waals surface area (Å²) in [5.74, 6) is 1.52. The predicted molar refractivity (Wildman–Crippen MR) is 194 cm³/mol. The van der Waals surface area contributed by atoms with Gasteiger partial charge in [-0.25, -0.2) is 0 Å². The SMILES string of the molecule is CCC1(CC)c2ccccc2-c2c1c1c(c3ccccc23)OC(c2ccccc2)(c2ccc3c(c2)-c2cccc4c2C3CCC4)C=C1. The minimum atomic E-state index is -0.761. The smallest absolute Gasteiger partial charge is 0.178 e. The van der Waals surface area contributed by atoms with Crippen molar-refractivity contribution in [2.24, 2.45) is 0 Å². The second-order valence-electron chi connectivity index (χ2n) is 14.0. The van der Waals surface area contributed by atoms with Crippen LogP contribution in [0.3, 0.4) is 0 Å². The van der Waals surface area contributed by atoms with E-state index in [0.29, 0.717) is 5.92 Å². The van der Waals surface area contributed by atoms with Crippen LogP contribution in [0.5, 0.6) is 5.75 Å². The van der Waals surface area contributed by atoms with Gasteiger partial charge in [-0.3, -0.25) is 0 Å². The van der Waals surface area contributed by atoms with Crippen LogP contribution >= 0.6 is 0 Å². The van der Waals surface area contributed by atoms with Gasteiger partial charge in [0, 0.05) is 33.4 Å². The van der Waals surface area contributed by atoms with Crippen LogP contribution in [-0.2, 0) is 17.4 Å². The zero-order valence-corrected chi connectivity index (χ0v) is 27.1. The first-order valence-electron chi connectivity index (χ1n) is 17.6. The minimum absolute atomic E-state index is 0.0588. The molecule has 10 rings (SSSR count). The van der Waals surface area contributed by atoms with Gasteiger partial charge in [-0.1, -0.05) is 129 Å². The first-order chi connectivity index (χ1) is 23.2. The maximum atomic E-state index is 7.66. The van der Waals surface area contributed by atoms with Crippen LogP contribution < -0.4 is 4.74 Å². The van der Waals surface area contributed by atoms with Crippen molar-refractivity contribution in [3.8, 4) is 28.0 Å². The van der Waals surface area contributed by atoms with Gasteiger partial charge in [-0.15, -0.1) is 0 Å². The molecule has 6 aromatic rings. The van der Waals surface area contributed by atoms with Gasteiger partial charge in [0.05, 0.1) is 0 Å². The molecule has 0 spiro atoms. The van der Waals surface area contributed by atoms with Gasteiger partial charge >= 0.3 is 0 Å². The molecular formula is C46H38O. The Morgan fingerprint density at radius 2 is 1.47 bits per heavy atom. The molecule has 1 nitrogen and oxygen atoms in total. The monoisotopic (exact) mass is 606 g/mol. The van der Waals surface area contributed by atoms with Crippen LogP contribution in [0.15, 0.2) is 121 Å². The molecule has 3 aliphatic carbocycles. The molecule has 0 fully saturated rings. The van der Waals surface area contributed by atoms with Crippen molar-refractivity contribution in [1.29, 1.82) is 0 Å². The number of benzene rings is 6. The number of fused-ring (bicyclic) bond motifs is 11. The number of hydrogen-bond donors (Lipinski definition) is 0. The summed E-state index contributed by atoms with van der Waals surface area (Å²) in [6.07, 6.45) is 10.6. The van der Waals surface area contributed by atoms with Gasteiger partial charge in [0.2, 0.25) is 0 Å². The van der Waals surface area contributed by atoms with E-state index in [0.717, 1.165) is 24.2 Å². The lowest BCUT2D eigenvalue weighted by atomic mass is 9.71. The molecule has 4 aliphatic rings. The van der Waals surface area contributed by atoms with E-state index in [9.17, 15) is 0 Å². The molecule has 1 aliphatic heterocycles. The first kappa shape index (κ1) is 27.3. The lowest BCUT2D eigenvalue weighted by molar-refractivity contribution is 0.163. The third-order valence-corrected chi connectivity index (χ3v) is 12.2. The summed E-state index contributed by atoms with van der Waals surface area (Å²) in [4.78, 5) is 0. The zero-order chi connectivity index (χ0) is 31.3. The third kappa shape index (κ3) is 3.45. The standard InChI is InChI=1S/C46H38O/c1-3-45(4-2)40-23-11-10-20-37(40)42-34-18-8-9-19-36(34)44-38(43(42)45)26-27-46(47-44,30-16-6-5-7-17-30)31-24-25-32-33-21-12-14-29-15-13-22-35(41(29)33)39(32)28-31/h5-11,13,15-20,22-28,33H,3-4,12,14,21H2,1-2H3. The molecule has 0 radical (unpaired) electrons. The van der Waals surface area contributed by atoms with Crippen molar-refractivity contribution in [3.63, 3.8) is 0 Å². The number of rotatable bonds is 4. The molecule has 0 N–H and O–H groups in total. The van der Waals surface area contributed by atoms with Crippen molar-refractivity contribution < 1.29 is 4.74 Å². The molecule has 1 heterocycles. The number of aryl methyl sites for hydroxylation is 1.